The van der Waals surface area contributed by atoms with Gasteiger partial charge in [-0.25, -0.2) is 14.8 Å². The topological polar surface area (TPSA) is 79.2 Å². The monoisotopic (exact) mass is 348 g/mol. The molecule has 0 aliphatic heterocycles. The summed E-state index contributed by atoms with van der Waals surface area (Å²) in [6.07, 6.45) is 4.50. The zero-order chi connectivity index (χ0) is 16.6. The van der Waals surface area contributed by atoms with E-state index in [1.165, 1.54) is 0 Å². The summed E-state index contributed by atoms with van der Waals surface area (Å²) in [6, 6.07) is 5.60. The number of halogens is 1. The SMILES string of the molecule is CN(c1nc(-c2ccccn2)nc2c1CCC2)C(C)(C)C(=O)O.Cl. The summed E-state index contributed by atoms with van der Waals surface area (Å²) in [4.78, 5) is 26.9. The summed E-state index contributed by atoms with van der Waals surface area (Å²) >= 11 is 0. The second kappa shape index (κ2) is 6.73. The minimum absolute atomic E-state index is 0. The van der Waals surface area contributed by atoms with E-state index in [0.29, 0.717) is 17.3 Å². The third-order valence-corrected chi connectivity index (χ3v) is 4.48. The molecule has 128 valence electrons. The molecule has 0 fully saturated rings. The average molecular weight is 349 g/mol. The molecule has 0 unspecified atom stereocenters. The van der Waals surface area contributed by atoms with Crippen LogP contribution in [0.1, 0.15) is 31.5 Å². The maximum Gasteiger partial charge on any atom is 0.328 e. The summed E-state index contributed by atoms with van der Waals surface area (Å²) in [7, 11) is 1.78. The van der Waals surface area contributed by atoms with E-state index in [-0.39, 0.29) is 12.4 Å². The molecule has 0 saturated heterocycles. The fourth-order valence-electron chi connectivity index (χ4n) is 2.71. The number of carbonyl (C=O) groups is 1. The smallest absolute Gasteiger partial charge is 0.328 e. The van der Waals surface area contributed by atoms with Gasteiger partial charge in [0.05, 0.1) is 0 Å². The van der Waals surface area contributed by atoms with Crippen LogP contribution in [0, 0.1) is 0 Å². The zero-order valence-electron chi connectivity index (χ0n) is 14.0. The van der Waals surface area contributed by atoms with E-state index in [1.54, 1.807) is 32.0 Å². The van der Waals surface area contributed by atoms with Crippen molar-refractivity contribution in [2.75, 3.05) is 11.9 Å². The van der Waals surface area contributed by atoms with Gasteiger partial charge in [0.2, 0.25) is 0 Å². The highest BCUT2D eigenvalue weighted by Gasteiger charge is 2.35. The molecule has 2 aromatic rings. The predicted molar refractivity (Wildman–Crippen MR) is 94.7 cm³/mol. The molecule has 3 rings (SSSR count). The molecular weight excluding hydrogens is 328 g/mol. The molecule has 1 aliphatic rings. The number of aliphatic carboxylic acids is 1. The maximum absolute atomic E-state index is 11.6. The van der Waals surface area contributed by atoms with Gasteiger partial charge in [-0.3, -0.25) is 4.98 Å². The van der Waals surface area contributed by atoms with E-state index >= 15 is 0 Å². The molecule has 2 heterocycles. The normalized spacial score (nSPS) is 13.1. The number of nitrogens with zero attached hydrogens (tertiary/aromatic N) is 4. The average Bonchev–Trinajstić information content (AvgIpc) is 3.02. The third kappa shape index (κ3) is 3.06. The molecule has 0 radical (unpaired) electrons. The van der Waals surface area contributed by atoms with Crippen molar-refractivity contribution in [1.29, 1.82) is 0 Å². The minimum Gasteiger partial charge on any atom is -0.480 e. The van der Waals surface area contributed by atoms with Gasteiger partial charge in [-0.05, 0) is 45.2 Å². The summed E-state index contributed by atoms with van der Waals surface area (Å²) < 4.78 is 0. The van der Waals surface area contributed by atoms with Crippen LogP contribution in [0.4, 0.5) is 5.82 Å². The van der Waals surface area contributed by atoms with Gasteiger partial charge in [0, 0.05) is 24.5 Å². The van der Waals surface area contributed by atoms with Gasteiger partial charge in [-0.1, -0.05) is 6.07 Å². The van der Waals surface area contributed by atoms with Crippen LogP contribution in [0.2, 0.25) is 0 Å². The lowest BCUT2D eigenvalue weighted by Crippen LogP contribution is -2.49. The van der Waals surface area contributed by atoms with E-state index in [1.807, 2.05) is 18.2 Å². The van der Waals surface area contributed by atoms with Gasteiger partial charge in [0.15, 0.2) is 5.82 Å². The number of carboxylic acids is 1. The van der Waals surface area contributed by atoms with E-state index in [4.69, 9.17) is 0 Å². The first kappa shape index (κ1) is 18.1. The van der Waals surface area contributed by atoms with Gasteiger partial charge in [-0.15, -0.1) is 12.4 Å². The number of likely N-dealkylation sites (N-methyl/N-ethyl adjacent to an activating group) is 1. The van der Waals surface area contributed by atoms with Gasteiger partial charge in [0.1, 0.15) is 17.1 Å². The van der Waals surface area contributed by atoms with Crippen LogP contribution in [0.3, 0.4) is 0 Å². The number of hydrogen-bond donors (Lipinski definition) is 1. The Bertz CT molecular complexity index is 750. The summed E-state index contributed by atoms with van der Waals surface area (Å²) in [5.74, 6) is 0.361. The first-order valence-electron chi connectivity index (χ1n) is 7.69. The largest absolute Gasteiger partial charge is 0.480 e. The lowest BCUT2D eigenvalue weighted by Gasteiger charge is -2.33. The van der Waals surface area contributed by atoms with Crippen molar-refractivity contribution < 1.29 is 9.90 Å². The molecule has 6 nitrogen and oxygen atoms in total. The summed E-state index contributed by atoms with van der Waals surface area (Å²) in [5, 5.41) is 9.51. The molecule has 1 aliphatic carbocycles. The fraction of sp³-hybridized carbons (Fsp3) is 0.412. The highest BCUT2D eigenvalue weighted by molar-refractivity contribution is 5.85. The fourth-order valence-corrected chi connectivity index (χ4v) is 2.71. The van der Waals surface area contributed by atoms with Gasteiger partial charge in [0.25, 0.3) is 0 Å². The van der Waals surface area contributed by atoms with Gasteiger partial charge in [-0.2, -0.15) is 0 Å². The van der Waals surface area contributed by atoms with E-state index in [0.717, 1.165) is 30.5 Å². The van der Waals surface area contributed by atoms with Crippen molar-refractivity contribution in [3.05, 3.63) is 35.7 Å². The van der Waals surface area contributed by atoms with Crippen molar-refractivity contribution in [3.63, 3.8) is 0 Å². The third-order valence-electron chi connectivity index (χ3n) is 4.48. The molecule has 7 heteroatoms. The Hall–Kier alpha value is -2.21. The molecule has 0 saturated carbocycles. The number of pyridine rings is 1. The van der Waals surface area contributed by atoms with E-state index < -0.39 is 11.5 Å². The van der Waals surface area contributed by atoms with Gasteiger partial charge < -0.3 is 10.0 Å². The molecule has 0 spiro atoms. The predicted octanol–water partition coefficient (Wildman–Crippen LogP) is 2.75. The Labute approximate surface area is 147 Å². The lowest BCUT2D eigenvalue weighted by molar-refractivity contribution is -0.142. The van der Waals surface area contributed by atoms with E-state index in [9.17, 15) is 9.90 Å². The second-order valence-electron chi connectivity index (χ2n) is 6.29. The second-order valence-corrected chi connectivity index (χ2v) is 6.29. The van der Waals surface area contributed by atoms with Crippen LogP contribution >= 0.6 is 12.4 Å². The molecule has 0 atom stereocenters. The molecule has 24 heavy (non-hydrogen) atoms. The molecule has 0 aromatic carbocycles. The number of anilines is 1. The maximum atomic E-state index is 11.6. The Morgan fingerprint density at radius 3 is 2.62 bits per heavy atom. The van der Waals surface area contributed by atoms with Crippen LogP contribution in [-0.2, 0) is 17.6 Å². The van der Waals surface area contributed by atoms with Crippen LogP contribution in [-0.4, -0.2) is 38.6 Å². The minimum atomic E-state index is -1.05. The molecule has 2 aromatic heterocycles. The van der Waals surface area contributed by atoms with E-state index in [2.05, 4.69) is 15.0 Å². The Morgan fingerprint density at radius 1 is 1.25 bits per heavy atom. The first-order valence-corrected chi connectivity index (χ1v) is 7.69. The molecular formula is C17H21ClN4O2. The number of rotatable bonds is 4. The number of aromatic nitrogens is 3. The van der Waals surface area contributed by atoms with Crippen LogP contribution in [0.5, 0.6) is 0 Å². The summed E-state index contributed by atoms with van der Waals surface area (Å²) in [5.41, 5.74) is 1.71. The lowest BCUT2D eigenvalue weighted by atomic mass is 10.0. The van der Waals surface area contributed by atoms with Crippen molar-refractivity contribution >= 4 is 24.2 Å². The molecule has 0 bridgehead atoms. The highest BCUT2D eigenvalue weighted by Crippen LogP contribution is 2.33. The van der Waals surface area contributed by atoms with Crippen molar-refractivity contribution in [1.82, 2.24) is 15.0 Å². The van der Waals surface area contributed by atoms with Crippen molar-refractivity contribution in [2.45, 2.75) is 38.6 Å². The number of carboxylic acid groups (broad SMARTS) is 1. The molecule has 0 amide bonds. The Kier molecular flexibility index (Phi) is 5.08. The van der Waals surface area contributed by atoms with Gasteiger partial charge >= 0.3 is 5.97 Å². The highest BCUT2D eigenvalue weighted by atomic mass is 35.5. The number of fused-ring (bicyclic) bond motifs is 1. The summed E-state index contributed by atoms with van der Waals surface area (Å²) in [6.45, 7) is 3.36. The number of aryl methyl sites for hydroxylation is 1. The van der Waals surface area contributed by atoms with Crippen molar-refractivity contribution in [3.8, 4) is 11.5 Å². The van der Waals surface area contributed by atoms with Crippen LogP contribution in [0.15, 0.2) is 24.4 Å². The van der Waals surface area contributed by atoms with Crippen LogP contribution in [0.25, 0.3) is 11.5 Å². The molecule has 1 N–H and O–H groups in total. The standard InChI is InChI=1S/C17H20N4O2.ClH/c1-17(2,16(22)23)21(3)15-11-7-6-9-12(11)19-14(20-15)13-8-4-5-10-18-13;/h4-5,8,10H,6-7,9H2,1-3H3,(H,22,23);1H. The quantitative estimate of drug-likeness (QED) is 0.915. The zero-order valence-corrected chi connectivity index (χ0v) is 14.8. The Balaban J connectivity index is 0.00000208. The van der Waals surface area contributed by atoms with Crippen LogP contribution < -0.4 is 4.90 Å². The number of hydrogen-bond acceptors (Lipinski definition) is 5. The Morgan fingerprint density at radius 2 is 2.00 bits per heavy atom. The van der Waals surface area contributed by atoms with Crippen molar-refractivity contribution in [2.24, 2.45) is 0 Å². The first-order chi connectivity index (χ1) is 10.9.